The minimum atomic E-state index is -0.874. The van der Waals surface area contributed by atoms with E-state index in [-0.39, 0.29) is 25.2 Å². The Kier molecular flexibility index (Phi) is 6.66. The molecule has 36 heavy (non-hydrogen) atoms. The van der Waals surface area contributed by atoms with Crippen LogP contribution in [-0.2, 0) is 9.59 Å². The van der Waals surface area contributed by atoms with Crippen LogP contribution in [0.3, 0.4) is 0 Å². The molecule has 0 aromatic heterocycles. The minimum Gasteiger partial charge on any atom is -0.497 e. The number of hydrogen-bond donors (Lipinski definition) is 1. The van der Waals surface area contributed by atoms with Gasteiger partial charge in [0.1, 0.15) is 12.3 Å². The van der Waals surface area contributed by atoms with Crippen molar-refractivity contribution in [2.24, 2.45) is 5.92 Å². The molecule has 0 spiro atoms. The smallest absolute Gasteiger partial charge is 0.327 e. The second-order valence-corrected chi connectivity index (χ2v) is 10.3. The molecule has 1 aliphatic carbocycles. The first-order chi connectivity index (χ1) is 17.4. The third kappa shape index (κ3) is 4.44. The van der Waals surface area contributed by atoms with E-state index < -0.39 is 17.9 Å². The number of aliphatic carboxylic acids is 1. The molecule has 1 unspecified atom stereocenters. The van der Waals surface area contributed by atoms with Gasteiger partial charge in [-0.25, -0.2) is 4.79 Å². The van der Waals surface area contributed by atoms with Crippen molar-refractivity contribution in [3.8, 4) is 17.2 Å². The molecule has 2 aromatic rings. The zero-order valence-corrected chi connectivity index (χ0v) is 21.2. The fraction of sp³-hybridized carbons (Fsp3) is 0.500. The van der Waals surface area contributed by atoms with Gasteiger partial charge in [-0.1, -0.05) is 25.1 Å². The predicted octanol–water partition coefficient (Wildman–Crippen LogP) is 3.81. The number of ether oxygens (including phenoxy) is 3. The summed E-state index contributed by atoms with van der Waals surface area (Å²) in [6.07, 6.45) is 3.07. The summed E-state index contributed by atoms with van der Waals surface area (Å²) in [5.41, 5.74) is 1.75. The molecule has 2 aromatic carbocycles. The summed E-state index contributed by atoms with van der Waals surface area (Å²) in [7, 11) is 3.65. The molecule has 2 aliphatic heterocycles. The maximum atomic E-state index is 13.8. The number of carbonyl (C=O) groups is 2. The number of amides is 1. The summed E-state index contributed by atoms with van der Waals surface area (Å²) in [5.74, 6) is 0.266. The number of benzene rings is 2. The Hall–Kier alpha value is -3.10. The van der Waals surface area contributed by atoms with Crippen LogP contribution in [0.1, 0.15) is 49.3 Å². The SMILES string of the molecule is CCC[N+](C)(C(=O)CN1C[C@H](c2ccc3c(c2)OCO3)[C@H](C(=O)O)[C@H]1c1ccc(OC)cc1)C1CC1. The molecule has 8 nitrogen and oxygen atoms in total. The Morgan fingerprint density at radius 3 is 2.42 bits per heavy atom. The monoisotopic (exact) mass is 495 g/mol. The van der Waals surface area contributed by atoms with Crippen molar-refractivity contribution >= 4 is 11.9 Å². The minimum absolute atomic E-state index is 0.160. The number of carboxylic acid groups (broad SMARTS) is 1. The number of methoxy groups -OCH3 is 1. The molecular formula is C28H35N2O6+. The summed E-state index contributed by atoms with van der Waals surface area (Å²) in [4.78, 5) is 28.6. The van der Waals surface area contributed by atoms with E-state index in [1.165, 1.54) is 0 Å². The molecule has 1 saturated heterocycles. The molecule has 192 valence electrons. The Bertz CT molecular complexity index is 1130. The summed E-state index contributed by atoms with van der Waals surface area (Å²) in [6.45, 7) is 3.76. The molecule has 2 fully saturated rings. The molecule has 4 atom stereocenters. The number of carbonyl (C=O) groups excluding carboxylic acids is 1. The van der Waals surface area contributed by atoms with E-state index in [4.69, 9.17) is 14.2 Å². The summed E-state index contributed by atoms with van der Waals surface area (Å²) < 4.78 is 16.8. The second kappa shape index (κ2) is 9.75. The topological polar surface area (TPSA) is 85.3 Å². The van der Waals surface area contributed by atoms with Gasteiger partial charge < -0.3 is 19.3 Å². The van der Waals surface area contributed by atoms with Crippen LogP contribution in [0.25, 0.3) is 0 Å². The van der Waals surface area contributed by atoms with Gasteiger partial charge >= 0.3 is 11.9 Å². The van der Waals surface area contributed by atoms with Crippen LogP contribution in [0.5, 0.6) is 17.2 Å². The Morgan fingerprint density at radius 1 is 1.08 bits per heavy atom. The van der Waals surface area contributed by atoms with E-state index >= 15 is 0 Å². The highest BCUT2D eigenvalue weighted by Gasteiger charge is 2.51. The van der Waals surface area contributed by atoms with Crippen LogP contribution in [0.4, 0.5) is 0 Å². The Balaban J connectivity index is 1.51. The fourth-order valence-electron chi connectivity index (χ4n) is 6.03. The lowest BCUT2D eigenvalue weighted by Gasteiger charge is -2.34. The summed E-state index contributed by atoms with van der Waals surface area (Å²) in [6, 6.07) is 13.1. The average molecular weight is 496 g/mol. The van der Waals surface area contributed by atoms with Gasteiger partial charge in [0.15, 0.2) is 11.5 Å². The summed E-state index contributed by atoms with van der Waals surface area (Å²) >= 11 is 0. The standard InChI is InChI=1S/C28H34N2O6/c1-4-13-30(2,20-8-9-20)25(31)16-29-15-22(19-7-12-23-24(14-19)36-17-35-23)26(28(32)33)27(29)18-5-10-21(34-3)11-6-18/h5-7,10-12,14,20,22,26-27H,4,8-9,13,15-17H2,1-3H3/p+1/t22-,26+,27-,30?/m1/s1. The van der Waals surface area contributed by atoms with E-state index in [1.54, 1.807) is 7.11 Å². The van der Waals surface area contributed by atoms with Crippen molar-refractivity contribution in [1.82, 2.24) is 4.90 Å². The highest BCUT2D eigenvalue weighted by atomic mass is 16.7. The van der Waals surface area contributed by atoms with Crippen molar-refractivity contribution in [3.63, 3.8) is 0 Å². The quantitative estimate of drug-likeness (QED) is 0.530. The second-order valence-electron chi connectivity index (χ2n) is 10.3. The summed E-state index contributed by atoms with van der Waals surface area (Å²) in [5, 5.41) is 10.5. The van der Waals surface area contributed by atoms with Gasteiger partial charge in [0, 0.05) is 31.3 Å². The van der Waals surface area contributed by atoms with E-state index in [0.29, 0.717) is 34.3 Å². The number of likely N-dealkylation sites (N-methyl/N-ethyl adjacent to an activating group) is 1. The lowest BCUT2D eigenvalue weighted by Crippen LogP contribution is -2.55. The van der Waals surface area contributed by atoms with Gasteiger partial charge in [0.05, 0.1) is 32.7 Å². The zero-order valence-electron chi connectivity index (χ0n) is 21.2. The maximum absolute atomic E-state index is 13.8. The molecule has 1 saturated carbocycles. The van der Waals surface area contributed by atoms with E-state index in [9.17, 15) is 14.7 Å². The lowest BCUT2D eigenvalue weighted by atomic mass is 9.82. The van der Waals surface area contributed by atoms with Gasteiger partial charge in [0.25, 0.3) is 0 Å². The van der Waals surface area contributed by atoms with E-state index in [2.05, 4.69) is 11.8 Å². The number of hydrogen-bond acceptors (Lipinski definition) is 6. The van der Waals surface area contributed by atoms with Gasteiger partial charge in [-0.2, -0.15) is 0 Å². The van der Waals surface area contributed by atoms with Gasteiger partial charge in [-0.05, 0) is 41.8 Å². The average Bonchev–Trinajstić information content (AvgIpc) is 3.52. The molecular weight excluding hydrogens is 460 g/mol. The zero-order chi connectivity index (χ0) is 25.4. The van der Waals surface area contributed by atoms with Crippen molar-refractivity contribution in [2.45, 2.75) is 44.2 Å². The van der Waals surface area contributed by atoms with Crippen LogP contribution in [0.2, 0.25) is 0 Å². The molecule has 8 heteroatoms. The molecule has 2 heterocycles. The van der Waals surface area contributed by atoms with Crippen molar-refractivity contribution in [3.05, 3.63) is 53.6 Å². The number of quaternary nitrogens is 1. The third-order valence-corrected chi connectivity index (χ3v) is 8.11. The van der Waals surface area contributed by atoms with Gasteiger partial charge in [-0.3, -0.25) is 14.2 Å². The number of fused-ring (bicyclic) bond motifs is 1. The maximum Gasteiger partial charge on any atom is 0.327 e. The first-order valence-electron chi connectivity index (χ1n) is 12.7. The third-order valence-electron chi connectivity index (χ3n) is 8.11. The van der Waals surface area contributed by atoms with Crippen molar-refractivity contribution < 1.29 is 33.4 Å². The predicted molar refractivity (Wildman–Crippen MR) is 133 cm³/mol. The highest BCUT2D eigenvalue weighted by Crippen LogP contribution is 2.48. The van der Waals surface area contributed by atoms with Gasteiger partial charge in [0.2, 0.25) is 6.79 Å². The van der Waals surface area contributed by atoms with Crippen LogP contribution in [0, 0.1) is 5.92 Å². The molecule has 1 amide bonds. The first kappa shape index (κ1) is 24.6. The largest absolute Gasteiger partial charge is 0.497 e. The fourth-order valence-corrected chi connectivity index (χ4v) is 6.03. The lowest BCUT2D eigenvalue weighted by molar-refractivity contribution is -0.845. The number of rotatable bonds is 9. The number of nitrogens with zero attached hydrogens (tertiary/aromatic N) is 2. The number of carboxylic acids is 1. The normalized spacial score (nSPS) is 24.9. The van der Waals surface area contributed by atoms with Gasteiger partial charge in [-0.15, -0.1) is 0 Å². The van der Waals surface area contributed by atoms with E-state index in [1.807, 2.05) is 49.5 Å². The highest BCUT2D eigenvalue weighted by molar-refractivity contribution is 5.75. The Labute approximate surface area is 211 Å². The molecule has 5 rings (SSSR count). The molecule has 1 N–H and O–H groups in total. The van der Waals surface area contributed by atoms with Crippen LogP contribution in [0.15, 0.2) is 42.5 Å². The van der Waals surface area contributed by atoms with Crippen LogP contribution < -0.4 is 14.2 Å². The van der Waals surface area contributed by atoms with Crippen molar-refractivity contribution in [1.29, 1.82) is 0 Å². The molecule has 0 bridgehead atoms. The first-order valence-corrected chi connectivity index (χ1v) is 12.7. The Morgan fingerprint density at radius 2 is 1.78 bits per heavy atom. The molecule has 3 aliphatic rings. The molecule has 0 radical (unpaired) electrons. The van der Waals surface area contributed by atoms with Crippen molar-refractivity contribution in [2.75, 3.05) is 40.6 Å². The number of likely N-dealkylation sites (tertiary alicyclic amines) is 1. The van der Waals surface area contributed by atoms with E-state index in [0.717, 1.165) is 36.9 Å². The van der Waals surface area contributed by atoms with Crippen LogP contribution in [-0.4, -0.2) is 73.0 Å². The van der Waals surface area contributed by atoms with Crippen LogP contribution >= 0.6 is 0 Å².